The third kappa shape index (κ3) is 2.62. The van der Waals surface area contributed by atoms with Gasteiger partial charge in [0.15, 0.2) is 0 Å². The minimum atomic E-state index is -0.315. The van der Waals surface area contributed by atoms with E-state index in [1.54, 1.807) is 0 Å². The second kappa shape index (κ2) is 4.97. The molecule has 0 aliphatic carbocycles. The van der Waals surface area contributed by atoms with Gasteiger partial charge < -0.3 is 4.74 Å². The molecule has 3 nitrogen and oxygen atoms in total. The fraction of sp³-hybridized carbons (Fsp3) is 0.714. The molecule has 0 spiro atoms. The van der Waals surface area contributed by atoms with E-state index in [4.69, 9.17) is 0 Å². The van der Waals surface area contributed by atoms with Gasteiger partial charge in [-0.2, -0.15) is 0 Å². The molecule has 0 unspecified atom stereocenters. The fourth-order valence-corrected chi connectivity index (χ4v) is 0.629. The highest BCUT2D eigenvalue weighted by molar-refractivity contribution is 6.36. The van der Waals surface area contributed by atoms with Crippen molar-refractivity contribution in [1.82, 2.24) is 0 Å². The topological polar surface area (TPSA) is 38.7 Å². The summed E-state index contributed by atoms with van der Waals surface area (Å²) in [5.74, 6) is -0.315. The first kappa shape index (κ1) is 9.14. The van der Waals surface area contributed by atoms with Crippen LogP contribution in [0.5, 0.6) is 0 Å². The Kier molecular flexibility index (Phi) is 4.54. The molecule has 0 rings (SSSR count). The molecular weight excluding hydrogens is 130 g/mol. The molecule has 0 aliphatic heterocycles. The number of nitrogens with zero attached hydrogens (tertiary/aromatic N) is 1. The third-order valence-corrected chi connectivity index (χ3v) is 1.10. The van der Waals surface area contributed by atoms with Crippen molar-refractivity contribution in [1.29, 1.82) is 0 Å². The highest BCUT2D eigenvalue weighted by Gasteiger charge is 2.06. The quantitative estimate of drug-likeness (QED) is 0.437. The predicted octanol–water partition coefficient (Wildman–Crippen LogP) is 1.03. The summed E-state index contributed by atoms with van der Waals surface area (Å²) >= 11 is 0. The molecule has 0 saturated carbocycles. The Morgan fingerprint density at radius 1 is 1.50 bits per heavy atom. The SMILES string of the molecule is CCN=C(CC)C(=O)OC. The Balaban J connectivity index is 4.06. The summed E-state index contributed by atoms with van der Waals surface area (Å²) in [4.78, 5) is 14.7. The fourth-order valence-electron chi connectivity index (χ4n) is 0.629. The van der Waals surface area contributed by atoms with Gasteiger partial charge in [0.1, 0.15) is 5.71 Å². The molecule has 0 radical (unpaired) electrons. The summed E-state index contributed by atoms with van der Waals surface area (Å²) in [6.45, 7) is 4.41. The smallest absolute Gasteiger partial charge is 0.351 e. The van der Waals surface area contributed by atoms with Crippen molar-refractivity contribution in [3.8, 4) is 0 Å². The summed E-state index contributed by atoms with van der Waals surface area (Å²) in [6, 6.07) is 0. The van der Waals surface area contributed by atoms with Crippen LogP contribution in [0.3, 0.4) is 0 Å². The van der Waals surface area contributed by atoms with E-state index >= 15 is 0 Å². The lowest BCUT2D eigenvalue weighted by Crippen LogP contribution is -2.14. The molecule has 0 aliphatic rings. The Morgan fingerprint density at radius 2 is 2.10 bits per heavy atom. The number of methoxy groups -OCH3 is 1. The Labute approximate surface area is 61.1 Å². The second-order valence-corrected chi connectivity index (χ2v) is 1.77. The number of carbonyl (C=O) groups excluding carboxylic acids is 1. The molecule has 3 heteroatoms. The Morgan fingerprint density at radius 3 is 2.40 bits per heavy atom. The van der Waals surface area contributed by atoms with Gasteiger partial charge >= 0.3 is 5.97 Å². The van der Waals surface area contributed by atoms with E-state index in [1.165, 1.54) is 7.11 Å². The van der Waals surface area contributed by atoms with E-state index in [1.807, 2.05) is 13.8 Å². The Hall–Kier alpha value is -0.860. The summed E-state index contributed by atoms with van der Waals surface area (Å²) in [5, 5.41) is 0. The molecule has 0 aromatic rings. The molecule has 0 N–H and O–H groups in total. The molecule has 0 aromatic carbocycles. The average Bonchev–Trinajstić information content (AvgIpc) is 1.99. The van der Waals surface area contributed by atoms with Gasteiger partial charge in [-0.05, 0) is 13.3 Å². The van der Waals surface area contributed by atoms with Crippen LogP contribution in [-0.2, 0) is 9.53 Å². The van der Waals surface area contributed by atoms with Gasteiger partial charge in [-0.1, -0.05) is 6.92 Å². The summed E-state index contributed by atoms with van der Waals surface area (Å²) in [7, 11) is 1.36. The maximum absolute atomic E-state index is 10.8. The molecule has 0 amide bonds. The number of ether oxygens (including phenoxy) is 1. The van der Waals surface area contributed by atoms with Crippen LogP contribution in [0, 0.1) is 0 Å². The molecule has 0 fully saturated rings. The zero-order valence-electron chi connectivity index (χ0n) is 6.68. The first-order valence-corrected chi connectivity index (χ1v) is 3.37. The predicted molar refractivity (Wildman–Crippen MR) is 40.3 cm³/mol. The third-order valence-electron chi connectivity index (χ3n) is 1.10. The maximum atomic E-state index is 10.8. The maximum Gasteiger partial charge on any atom is 0.351 e. The first-order valence-electron chi connectivity index (χ1n) is 3.37. The number of carbonyl (C=O) groups is 1. The average molecular weight is 143 g/mol. The van der Waals surface area contributed by atoms with E-state index < -0.39 is 0 Å². The standard InChI is InChI=1S/C7H13NO2/c1-4-6(8-5-2)7(9)10-3/h4-5H2,1-3H3. The number of aliphatic imine (C=N–C) groups is 1. The monoisotopic (exact) mass is 143 g/mol. The summed E-state index contributed by atoms with van der Waals surface area (Å²) in [6.07, 6.45) is 0.639. The number of rotatable bonds is 3. The van der Waals surface area contributed by atoms with Gasteiger partial charge in [0.05, 0.1) is 7.11 Å². The minimum absolute atomic E-state index is 0.315. The van der Waals surface area contributed by atoms with E-state index in [2.05, 4.69) is 9.73 Å². The van der Waals surface area contributed by atoms with Gasteiger partial charge in [0.2, 0.25) is 0 Å². The highest BCUT2D eigenvalue weighted by atomic mass is 16.5. The zero-order chi connectivity index (χ0) is 7.98. The van der Waals surface area contributed by atoms with Crippen LogP contribution >= 0.6 is 0 Å². The minimum Gasteiger partial charge on any atom is -0.465 e. The van der Waals surface area contributed by atoms with Crippen LogP contribution in [0.4, 0.5) is 0 Å². The van der Waals surface area contributed by atoms with Gasteiger partial charge in [-0.3, -0.25) is 4.99 Å². The van der Waals surface area contributed by atoms with Crippen molar-refractivity contribution >= 4 is 11.7 Å². The van der Waals surface area contributed by atoms with Gasteiger partial charge in [0, 0.05) is 6.54 Å². The Bertz CT molecular complexity index is 141. The van der Waals surface area contributed by atoms with Crippen LogP contribution < -0.4 is 0 Å². The molecular formula is C7H13NO2. The lowest BCUT2D eigenvalue weighted by atomic mass is 10.3. The lowest BCUT2D eigenvalue weighted by molar-refractivity contribution is -0.132. The summed E-state index contributed by atoms with van der Waals surface area (Å²) in [5.41, 5.74) is 0.519. The van der Waals surface area contributed by atoms with E-state index in [-0.39, 0.29) is 5.97 Å². The molecule has 0 saturated heterocycles. The molecule has 0 heterocycles. The van der Waals surface area contributed by atoms with Crippen molar-refractivity contribution in [2.24, 2.45) is 4.99 Å². The van der Waals surface area contributed by atoms with Gasteiger partial charge in [-0.15, -0.1) is 0 Å². The van der Waals surface area contributed by atoms with E-state index in [0.29, 0.717) is 18.7 Å². The van der Waals surface area contributed by atoms with Gasteiger partial charge in [0.25, 0.3) is 0 Å². The van der Waals surface area contributed by atoms with Crippen molar-refractivity contribution in [3.63, 3.8) is 0 Å². The van der Waals surface area contributed by atoms with Crippen LogP contribution in [0.1, 0.15) is 20.3 Å². The van der Waals surface area contributed by atoms with Crippen LogP contribution in [0.2, 0.25) is 0 Å². The molecule has 0 atom stereocenters. The largest absolute Gasteiger partial charge is 0.465 e. The van der Waals surface area contributed by atoms with E-state index in [9.17, 15) is 4.79 Å². The van der Waals surface area contributed by atoms with Crippen molar-refractivity contribution < 1.29 is 9.53 Å². The number of esters is 1. The van der Waals surface area contributed by atoms with Crippen molar-refractivity contribution in [3.05, 3.63) is 0 Å². The summed E-state index contributed by atoms with van der Waals surface area (Å²) < 4.78 is 4.49. The van der Waals surface area contributed by atoms with Crippen molar-refractivity contribution in [2.45, 2.75) is 20.3 Å². The highest BCUT2D eigenvalue weighted by Crippen LogP contribution is 1.89. The normalized spacial score (nSPS) is 11.3. The molecule has 10 heavy (non-hydrogen) atoms. The van der Waals surface area contributed by atoms with Crippen LogP contribution in [-0.4, -0.2) is 25.3 Å². The molecule has 58 valence electrons. The van der Waals surface area contributed by atoms with E-state index in [0.717, 1.165) is 0 Å². The van der Waals surface area contributed by atoms with Crippen LogP contribution in [0.25, 0.3) is 0 Å². The van der Waals surface area contributed by atoms with Crippen LogP contribution in [0.15, 0.2) is 4.99 Å². The second-order valence-electron chi connectivity index (χ2n) is 1.77. The van der Waals surface area contributed by atoms with Gasteiger partial charge in [-0.25, -0.2) is 4.79 Å². The molecule has 0 aromatic heterocycles. The number of hydrogen-bond acceptors (Lipinski definition) is 3. The number of hydrogen-bond donors (Lipinski definition) is 0. The van der Waals surface area contributed by atoms with Crippen molar-refractivity contribution in [2.75, 3.05) is 13.7 Å². The first-order chi connectivity index (χ1) is 4.76. The zero-order valence-corrected chi connectivity index (χ0v) is 6.68. The molecule has 0 bridgehead atoms. The lowest BCUT2D eigenvalue weighted by Gasteiger charge is -1.98.